The highest BCUT2D eigenvalue weighted by Gasteiger charge is 2.13. The second-order valence-corrected chi connectivity index (χ2v) is 5.02. The van der Waals surface area contributed by atoms with E-state index in [1.165, 1.54) is 11.3 Å². The summed E-state index contributed by atoms with van der Waals surface area (Å²) >= 11 is 1.43. The average molecular weight is 290 g/mol. The lowest BCUT2D eigenvalue weighted by Gasteiger charge is -2.09. The molecule has 3 N–H and O–H groups in total. The normalized spacial score (nSPS) is 10.8. The van der Waals surface area contributed by atoms with E-state index < -0.39 is 5.82 Å². The second-order valence-electron chi connectivity index (χ2n) is 4.13. The summed E-state index contributed by atoms with van der Waals surface area (Å²) in [6, 6.07) is 6.78. The Balaban J connectivity index is 2.10. The molecule has 0 spiro atoms. The summed E-state index contributed by atoms with van der Waals surface area (Å²) in [5, 5.41) is 2.58. The number of nitrogen functional groups attached to an aromatic ring is 1. The van der Waals surface area contributed by atoms with Crippen LogP contribution in [0.1, 0.15) is 5.56 Å². The summed E-state index contributed by atoms with van der Waals surface area (Å²) < 4.78 is 19.6. The summed E-state index contributed by atoms with van der Waals surface area (Å²) in [5.41, 5.74) is 2.88. The molecule has 0 aliphatic rings. The fourth-order valence-electron chi connectivity index (χ4n) is 1.77. The Morgan fingerprint density at radius 3 is 2.95 bits per heavy atom. The van der Waals surface area contributed by atoms with Crippen LogP contribution in [-0.2, 0) is 0 Å². The molecule has 5 nitrogen and oxygen atoms in total. The minimum Gasteiger partial charge on any atom is -0.435 e. The van der Waals surface area contributed by atoms with Crippen LogP contribution in [0.25, 0.3) is 10.2 Å². The van der Waals surface area contributed by atoms with Gasteiger partial charge in [0.2, 0.25) is 11.8 Å². The first-order chi connectivity index (χ1) is 9.69. The van der Waals surface area contributed by atoms with Crippen LogP contribution in [0.4, 0.5) is 10.3 Å². The Morgan fingerprint density at radius 2 is 2.15 bits per heavy atom. The first-order valence-corrected chi connectivity index (χ1v) is 6.72. The van der Waals surface area contributed by atoms with Gasteiger partial charge in [-0.2, -0.15) is 4.98 Å². The largest absolute Gasteiger partial charge is 0.435 e. The Hall–Kier alpha value is -2.25. The number of rotatable bonds is 3. The van der Waals surface area contributed by atoms with Crippen molar-refractivity contribution in [2.45, 2.75) is 6.92 Å². The third-order valence-electron chi connectivity index (χ3n) is 2.78. The third-order valence-corrected chi connectivity index (χ3v) is 3.59. The van der Waals surface area contributed by atoms with Crippen LogP contribution in [0.15, 0.2) is 29.6 Å². The Morgan fingerprint density at radius 1 is 1.30 bits per heavy atom. The maximum atomic E-state index is 14.0. The molecule has 0 aliphatic heterocycles. The number of nitrogens with zero attached hydrogens (tertiary/aromatic N) is 2. The molecule has 0 amide bonds. The van der Waals surface area contributed by atoms with Gasteiger partial charge in [0.1, 0.15) is 4.83 Å². The first kappa shape index (κ1) is 12.8. The Bertz CT molecular complexity index is 774. The molecule has 2 aromatic heterocycles. The molecule has 0 saturated heterocycles. The smallest absolute Gasteiger partial charge is 0.241 e. The Labute approximate surface area is 118 Å². The summed E-state index contributed by atoms with van der Waals surface area (Å²) in [6.07, 6.45) is 0. The van der Waals surface area contributed by atoms with E-state index >= 15 is 0 Å². The van der Waals surface area contributed by atoms with E-state index in [2.05, 4.69) is 15.4 Å². The van der Waals surface area contributed by atoms with Gasteiger partial charge in [-0.05, 0) is 30.0 Å². The number of aromatic nitrogens is 2. The molecule has 20 heavy (non-hydrogen) atoms. The molecule has 7 heteroatoms. The second kappa shape index (κ2) is 5.03. The number of halogens is 1. The number of nitrogens with one attached hydrogen (secondary N) is 1. The van der Waals surface area contributed by atoms with E-state index in [0.29, 0.717) is 5.56 Å². The molecule has 0 radical (unpaired) electrons. The molecule has 102 valence electrons. The van der Waals surface area contributed by atoms with E-state index in [1.54, 1.807) is 25.1 Å². The number of aryl methyl sites for hydroxylation is 1. The van der Waals surface area contributed by atoms with Gasteiger partial charge in [0.25, 0.3) is 0 Å². The van der Waals surface area contributed by atoms with E-state index in [1.807, 2.05) is 11.4 Å². The first-order valence-electron chi connectivity index (χ1n) is 5.84. The molecule has 0 atom stereocenters. The maximum absolute atomic E-state index is 14.0. The van der Waals surface area contributed by atoms with Crippen molar-refractivity contribution in [3.05, 3.63) is 41.0 Å². The van der Waals surface area contributed by atoms with E-state index in [-0.39, 0.29) is 17.6 Å². The lowest BCUT2D eigenvalue weighted by molar-refractivity contribution is 0.430. The molecule has 0 aliphatic carbocycles. The van der Waals surface area contributed by atoms with E-state index in [0.717, 1.165) is 10.2 Å². The van der Waals surface area contributed by atoms with Gasteiger partial charge in [0.15, 0.2) is 11.6 Å². The quantitative estimate of drug-likeness (QED) is 0.572. The number of fused-ring (bicyclic) bond motifs is 1. The number of nitrogens with two attached hydrogens (primary N) is 1. The molecular weight excluding hydrogens is 279 g/mol. The number of hydrogen-bond acceptors (Lipinski definition) is 6. The zero-order valence-corrected chi connectivity index (χ0v) is 11.4. The number of hydrogen-bond donors (Lipinski definition) is 2. The number of anilines is 1. The number of benzene rings is 1. The molecule has 3 aromatic rings. The van der Waals surface area contributed by atoms with Gasteiger partial charge in [-0.25, -0.2) is 15.2 Å². The zero-order valence-electron chi connectivity index (χ0n) is 10.6. The zero-order chi connectivity index (χ0) is 14.1. The van der Waals surface area contributed by atoms with Crippen LogP contribution in [0.2, 0.25) is 0 Å². The molecule has 0 bridgehead atoms. The average Bonchev–Trinajstić information content (AvgIpc) is 2.92. The van der Waals surface area contributed by atoms with Crippen molar-refractivity contribution in [3.8, 4) is 11.6 Å². The van der Waals surface area contributed by atoms with Gasteiger partial charge in [-0.3, -0.25) is 5.43 Å². The van der Waals surface area contributed by atoms with Crippen molar-refractivity contribution in [3.63, 3.8) is 0 Å². The van der Waals surface area contributed by atoms with Crippen molar-refractivity contribution >= 4 is 27.5 Å². The summed E-state index contributed by atoms with van der Waals surface area (Å²) in [6.45, 7) is 1.68. The lowest BCUT2D eigenvalue weighted by atomic mass is 10.2. The standard InChI is InChI=1S/C13H11FN4OS/c1-7-3-2-4-9(10(7)14)19-11-8-5-6-20-12(8)17-13(16-11)18-15/h2-6H,15H2,1H3,(H,16,17,18). The molecule has 1 aromatic carbocycles. The molecule has 0 saturated carbocycles. The van der Waals surface area contributed by atoms with Crippen molar-refractivity contribution in [1.82, 2.24) is 9.97 Å². The summed E-state index contributed by atoms with van der Waals surface area (Å²) in [5.74, 6) is 5.54. The van der Waals surface area contributed by atoms with Crippen molar-refractivity contribution in [2.24, 2.45) is 5.84 Å². The van der Waals surface area contributed by atoms with Crippen molar-refractivity contribution < 1.29 is 9.13 Å². The monoisotopic (exact) mass is 290 g/mol. The van der Waals surface area contributed by atoms with Gasteiger partial charge in [-0.15, -0.1) is 11.3 Å². The fraction of sp³-hybridized carbons (Fsp3) is 0.0769. The van der Waals surface area contributed by atoms with Crippen molar-refractivity contribution in [1.29, 1.82) is 0 Å². The van der Waals surface area contributed by atoms with Gasteiger partial charge in [0, 0.05) is 0 Å². The highest BCUT2D eigenvalue weighted by molar-refractivity contribution is 7.16. The van der Waals surface area contributed by atoms with Crippen LogP contribution in [0.3, 0.4) is 0 Å². The number of ether oxygens (including phenoxy) is 1. The van der Waals surface area contributed by atoms with E-state index in [4.69, 9.17) is 10.6 Å². The number of hydrazine groups is 1. The molecule has 2 heterocycles. The predicted octanol–water partition coefficient (Wildman–Crippen LogP) is 3.22. The minimum absolute atomic E-state index is 0.124. The molecular formula is C13H11FN4OS. The SMILES string of the molecule is Cc1cccc(Oc2nc(NN)nc3sccc23)c1F. The predicted molar refractivity (Wildman–Crippen MR) is 76.4 cm³/mol. The molecule has 0 fully saturated rings. The third kappa shape index (κ3) is 2.17. The van der Waals surface area contributed by atoms with Crippen LogP contribution in [0.5, 0.6) is 11.6 Å². The highest BCUT2D eigenvalue weighted by atomic mass is 32.1. The molecule has 0 unspecified atom stereocenters. The van der Waals surface area contributed by atoms with Gasteiger partial charge < -0.3 is 4.74 Å². The minimum atomic E-state index is -0.406. The lowest BCUT2D eigenvalue weighted by Crippen LogP contribution is -2.10. The topological polar surface area (TPSA) is 73.1 Å². The van der Waals surface area contributed by atoms with Gasteiger partial charge in [-0.1, -0.05) is 12.1 Å². The summed E-state index contributed by atoms with van der Waals surface area (Å²) in [4.78, 5) is 9.04. The molecule has 3 rings (SSSR count). The van der Waals surface area contributed by atoms with Crippen LogP contribution in [0, 0.1) is 12.7 Å². The highest BCUT2D eigenvalue weighted by Crippen LogP contribution is 2.32. The number of thiophene rings is 1. The maximum Gasteiger partial charge on any atom is 0.241 e. The van der Waals surface area contributed by atoms with Crippen molar-refractivity contribution in [2.75, 3.05) is 5.43 Å². The fourth-order valence-corrected chi connectivity index (χ4v) is 2.53. The van der Waals surface area contributed by atoms with Crippen LogP contribution >= 0.6 is 11.3 Å². The van der Waals surface area contributed by atoms with Gasteiger partial charge >= 0.3 is 0 Å². The van der Waals surface area contributed by atoms with Gasteiger partial charge in [0.05, 0.1) is 5.39 Å². The van der Waals surface area contributed by atoms with E-state index in [9.17, 15) is 4.39 Å². The summed E-state index contributed by atoms with van der Waals surface area (Å²) in [7, 11) is 0. The van der Waals surface area contributed by atoms with Crippen LogP contribution < -0.4 is 16.0 Å². The Kier molecular flexibility index (Phi) is 3.21. The van der Waals surface area contributed by atoms with Crippen LogP contribution in [-0.4, -0.2) is 9.97 Å².